The second-order valence-electron chi connectivity index (χ2n) is 11.2. The minimum absolute atomic E-state index is 0.204. The van der Waals surface area contributed by atoms with Gasteiger partial charge in [-0.25, -0.2) is 0 Å². The van der Waals surface area contributed by atoms with E-state index >= 15 is 0 Å². The Balaban J connectivity index is 2.11. The van der Waals surface area contributed by atoms with Gasteiger partial charge in [-0.15, -0.1) is 11.6 Å². The molecular formula is C28H35ClO11. The van der Waals surface area contributed by atoms with Crippen molar-refractivity contribution in [1.82, 2.24) is 0 Å². The highest BCUT2D eigenvalue weighted by molar-refractivity contribution is 6.23. The number of alkyl halides is 1. The molecule has 1 spiro atoms. The largest absolute Gasteiger partial charge is 0.462 e. The summed E-state index contributed by atoms with van der Waals surface area (Å²) in [7, 11) is 0. The summed E-state index contributed by atoms with van der Waals surface area (Å²) >= 11 is 6.89. The average Bonchev–Trinajstić information content (AvgIpc) is 3.09. The van der Waals surface area contributed by atoms with Crippen LogP contribution in [0.2, 0.25) is 0 Å². The molecule has 0 radical (unpaired) electrons. The van der Waals surface area contributed by atoms with Crippen LogP contribution in [0.25, 0.3) is 0 Å². The van der Waals surface area contributed by atoms with Crippen LogP contribution in [0.4, 0.5) is 0 Å². The third-order valence-corrected chi connectivity index (χ3v) is 9.23. The third kappa shape index (κ3) is 4.51. The number of esters is 5. The molecule has 0 aromatic heterocycles. The molecule has 3 heterocycles. The lowest BCUT2D eigenvalue weighted by atomic mass is 9.53. The van der Waals surface area contributed by atoms with Gasteiger partial charge < -0.3 is 28.4 Å². The predicted molar refractivity (Wildman–Crippen MR) is 138 cm³/mol. The van der Waals surface area contributed by atoms with Gasteiger partial charge >= 0.3 is 29.8 Å². The SMILES string of the molecule is C=C1CC[C@H](OC(C)=O)[C@@]2(C)[C@H]1[C@H](OC(C)=O)[C@@]13O[C@H](C(=C)[C@H](Cl)[C@@H]1OC(=O)C3C)[C@@H](OC(C)=O)[C@@H]2OC(C)=O. The first-order valence-corrected chi connectivity index (χ1v) is 13.6. The highest BCUT2D eigenvalue weighted by Crippen LogP contribution is 2.61. The molecule has 3 aliphatic heterocycles. The fraction of sp³-hybridized carbons (Fsp3) is 0.679. The highest BCUT2D eigenvalue weighted by Gasteiger charge is 2.75. The Morgan fingerprint density at radius 2 is 1.48 bits per heavy atom. The van der Waals surface area contributed by atoms with E-state index in [9.17, 15) is 24.0 Å². The van der Waals surface area contributed by atoms with E-state index in [1.165, 1.54) is 27.7 Å². The lowest BCUT2D eigenvalue weighted by Gasteiger charge is -2.61. The summed E-state index contributed by atoms with van der Waals surface area (Å²) in [5, 5.41) is -1.05. The zero-order chi connectivity index (χ0) is 29.9. The molecule has 0 amide bonds. The molecular weight excluding hydrogens is 548 g/mol. The van der Waals surface area contributed by atoms with Crippen molar-refractivity contribution < 1.29 is 52.4 Å². The van der Waals surface area contributed by atoms with Crippen LogP contribution in [0.1, 0.15) is 54.4 Å². The first kappa shape index (κ1) is 30.0. The Hall–Kier alpha value is -2.92. The lowest BCUT2D eigenvalue weighted by Crippen LogP contribution is -2.75. The molecule has 2 bridgehead atoms. The zero-order valence-electron chi connectivity index (χ0n) is 23.4. The van der Waals surface area contributed by atoms with Gasteiger partial charge in [-0.2, -0.15) is 0 Å². The first-order valence-electron chi connectivity index (χ1n) is 13.1. The van der Waals surface area contributed by atoms with Gasteiger partial charge in [0, 0.05) is 33.6 Å². The van der Waals surface area contributed by atoms with Gasteiger partial charge in [0.05, 0.1) is 16.7 Å². The molecule has 4 rings (SSSR count). The van der Waals surface area contributed by atoms with Crippen molar-refractivity contribution in [1.29, 1.82) is 0 Å². The second kappa shape index (κ2) is 10.5. The molecule has 220 valence electrons. The Kier molecular flexibility index (Phi) is 7.87. The molecule has 11 atom stereocenters. The lowest BCUT2D eigenvalue weighted by molar-refractivity contribution is -0.294. The monoisotopic (exact) mass is 582 g/mol. The molecule has 3 saturated heterocycles. The molecule has 1 saturated carbocycles. The van der Waals surface area contributed by atoms with E-state index < -0.39 is 94.7 Å². The summed E-state index contributed by atoms with van der Waals surface area (Å²) in [4.78, 5) is 63.2. The van der Waals surface area contributed by atoms with Crippen LogP contribution >= 0.6 is 11.6 Å². The number of carbonyl (C=O) groups is 5. The molecule has 40 heavy (non-hydrogen) atoms. The molecule has 0 N–H and O–H groups in total. The molecule has 4 fully saturated rings. The number of fused-ring (bicyclic) bond motifs is 2. The molecule has 0 aromatic rings. The number of hydrogen-bond acceptors (Lipinski definition) is 11. The van der Waals surface area contributed by atoms with Crippen LogP contribution in [0, 0.1) is 17.3 Å². The number of ether oxygens (including phenoxy) is 6. The summed E-state index contributed by atoms with van der Waals surface area (Å²) < 4.78 is 36.0. The minimum Gasteiger partial charge on any atom is -0.462 e. The van der Waals surface area contributed by atoms with Crippen LogP contribution in [-0.4, -0.2) is 77.4 Å². The molecule has 1 aliphatic carbocycles. The van der Waals surface area contributed by atoms with E-state index in [1.807, 2.05) is 0 Å². The number of rotatable bonds is 4. The number of hydrogen-bond donors (Lipinski definition) is 0. The van der Waals surface area contributed by atoms with Crippen molar-refractivity contribution >= 4 is 41.4 Å². The van der Waals surface area contributed by atoms with E-state index in [2.05, 4.69) is 13.2 Å². The van der Waals surface area contributed by atoms with Crippen LogP contribution in [0.5, 0.6) is 0 Å². The van der Waals surface area contributed by atoms with E-state index in [4.69, 9.17) is 40.0 Å². The van der Waals surface area contributed by atoms with Crippen molar-refractivity contribution in [3.63, 3.8) is 0 Å². The molecule has 4 aliphatic rings. The topological polar surface area (TPSA) is 141 Å². The average molecular weight is 583 g/mol. The summed E-state index contributed by atoms with van der Waals surface area (Å²) in [6.07, 6.45) is -6.58. The second-order valence-corrected chi connectivity index (χ2v) is 11.7. The van der Waals surface area contributed by atoms with Crippen LogP contribution < -0.4 is 0 Å². The van der Waals surface area contributed by atoms with Crippen LogP contribution in [0.3, 0.4) is 0 Å². The highest BCUT2D eigenvalue weighted by atomic mass is 35.5. The van der Waals surface area contributed by atoms with Crippen LogP contribution in [0.15, 0.2) is 24.3 Å². The number of carbonyl (C=O) groups excluding carboxylic acids is 5. The van der Waals surface area contributed by atoms with Crippen molar-refractivity contribution in [3.05, 3.63) is 24.3 Å². The standard InChI is InChI=1S/C28H35ClO11/c1-11-9-10-18(35-14(4)30)27(8)19(11)23(37-16(6)32)28-13(3)26(34)39-24(28)20(29)12(2)21(40-28)22(36-15(5)31)25(27)38-17(7)33/h13,18-25H,1-2,9-10H2,3-8H3/t13?,18-,19+,20-,21+,22+,23-,24-,25-,27-,28+/m0/s1. The molecule has 1 unspecified atom stereocenters. The molecule has 0 aromatic carbocycles. The maximum absolute atomic E-state index is 13.1. The van der Waals surface area contributed by atoms with Gasteiger partial charge in [0.25, 0.3) is 0 Å². The van der Waals surface area contributed by atoms with Gasteiger partial charge in [-0.3, -0.25) is 24.0 Å². The van der Waals surface area contributed by atoms with Gasteiger partial charge in [-0.1, -0.05) is 25.7 Å². The predicted octanol–water partition coefficient (Wildman–Crippen LogP) is 2.56. The van der Waals surface area contributed by atoms with Crippen molar-refractivity contribution in [2.75, 3.05) is 0 Å². The summed E-state index contributed by atoms with van der Waals surface area (Å²) in [5.41, 5.74) is -2.33. The fourth-order valence-corrected chi connectivity index (χ4v) is 7.49. The normalized spacial score (nSPS) is 42.3. The van der Waals surface area contributed by atoms with Crippen LogP contribution in [-0.2, 0) is 52.4 Å². The van der Waals surface area contributed by atoms with E-state index in [-0.39, 0.29) is 12.0 Å². The fourth-order valence-electron chi connectivity index (χ4n) is 7.12. The van der Waals surface area contributed by atoms with E-state index in [0.29, 0.717) is 12.0 Å². The van der Waals surface area contributed by atoms with E-state index in [0.717, 1.165) is 0 Å². The summed E-state index contributed by atoms with van der Waals surface area (Å²) in [5.74, 6) is -5.30. The smallest absolute Gasteiger partial charge is 0.312 e. The van der Waals surface area contributed by atoms with Gasteiger partial charge in [0.2, 0.25) is 0 Å². The quantitative estimate of drug-likeness (QED) is 0.209. The Labute approximate surface area is 237 Å². The van der Waals surface area contributed by atoms with Gasteiger partial charge in [0.15, 0.2) is 23.9 Å². The summed E-state index contributed by atoms with van der Waals surface area (Å²) in [6, 6.07) is 0. The zero-order valence-corrected chi connectivity index (χ0v) is 24.1. The van der Waals surface area contributed by atoms with E-state index in [1.54, 1.807) is 13.8 Å². The maximum atomic E-state index is 13.1. The van der Waals surface area contributed by atoms with Gasteiger partial charge in [-0.05, 0) is 25.3 Å². The number of halogens is 1. The molecule has 12 heteroatoms. The third-order valence-electron chi connectivity index (χ3n) is 8.72. The Morgan fingerprint density at radius 3 is 2.02 bits per heavy atom. The Bertz CT molecular complexity index is 1160. The van der Waals surface area contributed by atoms with Crippen molar-refractivity contribution in [2.45, 2.75) is 102 Å². The summed E-state index contributed by atoms with van der Waals surface area (Å²) in [6.45, 7) is 16.4. The maximum Gasteiger partial charge on any atom is 0.312 e. The molecule has 11 nitrogen and oxygen atoms in total. The first-order chi connectivity index (χ1) is 18.6. The Morgan fingerprint density at radius 1 is 0.925 bits per heavy atom. The van der Waals surface area contributed by atoms with Crippen molar-refractivity contribution in [3.8, 4) is 0 Å². The van der Waals surface area contributed by atoms with Crippen molar-refractivity contribution in [2.24, 2.45) is 17.3 Å². The van der Waals surface area contributed by atoms with Gasteiger partial charge in [0.1, 0.15) is 18.3 Å². The minimum atomic E-state index is -1.69.